The van der Waals surface area contributed by atoms with Crippen LogP contribution in [-0.4, -0.2) is 25.7 Å². The van der Waals surface area contributed by atoms with E-state index in [9.17, 15) is 0 Å². The van der Waals surface area contributed by atoms with E-state index in [0.29, 0.717) is 11.7 Å². The summed E-state index contributed by atoms with van der Waals surface area (Å²) in [6, 6.07) is 5.76. The molecule has 2 rings (SSSR count). The quantitative estimate of drug-likeness (QED) is 0.555. The van der Waals surface area contributed by atoms with Gasteiger partial charge in [-0.3, -0.25) is 5.41 Å². The zero-order chi connectivity index (χ0) is 13.7. The average Bonchev–Trinajstić information content (AvgIpc) is 2.92. The molecule has 4 N–H and O–H groups in total. The van der Waals surface area contributed by atoms with Crippen molar-refractivity contribution in [1.29, 1.82) is 5.41 Å². The first-order valence-corrected chi connectivity index (χ1v) is 6.89. The van der Waals surface area contributed by atoms with Gasteiger partial charge in [0.05, 0.1) is 5.69 Å². The molecule has 2 aromatic rings. The number of hydrogen-bond acceptors (Lipinski definition) is 5. The van der Waals surface area contributed by atoms with Crippen LogP contribution < -0.4 is 11.1 Å². The van der Waals surface area contributed by atoms with Crippen molar-refractivity contribution in [1.82, 2.24) is 14.8 Å². The number of hydrogen-bond donors (Lipinski definition) is 3. The standard InChI is InChI=1S/C12H16N6S.3ClH/c1-2-19-12(14)17-10-3-4-11(9(5-10)6-13)18-8-15-7-16-18;;;/h3-5,7-8H,2,6,13H2,1H3,(H2,14,17);3*1H. The minimum Gasteiger partial charge on any atom is -0.335 e. The van der Waals surface area contributed by atoms with Gasteiger partial charge in [0.15, 0.2) is 5.17 Å². The van der Waals surface area contributed by atoms with E-state index in [1.807, 2.05) is 25.1 Å². The molecule has 0 saturated heterocycles. The summed E-state index contributed by atoms with van der Waals surface area (Å²) >= 11 is 1.45. The van der Waals surface area contributed by atoms with Gasteiger partial charge in [-0.1, -0.05) is 18.7 Å². The predicted molar refractivity (Wildman–Crippen MR) is 100 cm³/mol. The maximum atomic E-state index is 7.74. The highest BCUT2D eigenvalue weighted by Gasteiger charge is 2.06. The van der Waals surface area contributed by atoms with E-state index < -0.39 is 0 Å². The lowest BCUT2D eigenvalue weighted by atomic mass is 10.1. The number of nitrogens with two attached hydrogens (primary N) is 1. The van der Waals surface area contributed by atoms with Crippen molar-refractivity contribution in [2.75, 3.05) is 11.1 Å². The molecule has 1 aromatic carbocycles. The van der Waals surface area contributed by atoms with Gasteiger partial charge < -0.3 is 11.1 Å². The van der Waals surface area contributed by atoms with Crippen LogP contribution in [-0.2, 0) is 6.54 Å². The summed E-state index contributed by atoms with van der Waals surface area (Å²) < 4.78 is 1.68. The van der Waals surface area contributed by atoms with Crippen molar-refractivity contribution in [3.8, 4) is 5.69 Å². The Morgan fingerprint density at radius 3 is 2.64 bits per heavy atom. The molecule has 0 aliphatic heterocycles. The average molecular weight is 386 g/mol. The second-order valence-corrected chi connectivity index (χ2v) is 5.05. The molecular formula is C12H19Cl3N6S. The Morgan fingerprint density at radius 1 is 1.36 bits per heavy atom. The van der Waals surface area contributed by atoms with Crippen LogP contribution in [0.3, 0.4) is 0 Å². The number of thioether (sulfide) groups is 1. The molecule has 124 valence electrons. The Hall–Kier alpha value is -0.990. The summed E-state index contributed by atoms with van der Waals surface area (Å²) in [6.07, 6.45) is 3.12. The van der Waals surface area contributed by atoms with Crippen molar-refractivity contribution in [2.24, 2.45) is 5.73 Å². The molecule has 6 nitrogen and oxygen atoms in total. The topological polar surface area (TPSA) is 92.6 Å². The smallest absolute Gasteiger partial charge is 0.158 e. The lowest BCUT2D eigenvalue weighted by Crippen LogP contribution is -2.09. The molecule has 1 aromatic heterocycles. The summed E-state index contributed by atoms with van der Waals surface area (Å²) in [7, 11) is 0. The van der Waals surface area contributed by atoms with Crippen LogP contribution in [0.1, 0.15) is 12.5 Å². The van der Waals surface area contributed by atoms with Gasteiger partial charge in [-0.2, -0.15) is 5.10 Å². The zero-order valence-corrected chi connectivity index (χ0v) is 15.1. The summed E-state index contributed by atoms with van der Waals surface area (Å²) in [4.78, 5) is 3.93. The molecule has 10 heteroatoms. The van der Waals surface area contributed by atoms with Crippen LogP contribution in [0.15, 0.2) is 30.9 Å². The minimum absolute atomic E-state index is 0. The Balaban J connectivity index is 0. The number of amidine groups is 1. The molecule has 0 radical (unpaired) electrons. The highest BCUT2D eigenvalue weighted by molar-refractivity contribution is 8.14. The SMILES string of the molecule is CCSC(=N)Nc1ccc(-n2cncn2)c(CN)c1.Cl.Cl.Cl. The molecule has 0 atom stereocenters. The molecular weight excluding hydrogens is 367 g/mol. The van der Waals surface area contributed by atoms with Gasteiger partial charge in [-0.05, 0) is 29.5 Å². The van der Waals surface area contributed by atoms with E-state index in [0.717, 1.165) is 22.7 Å². The van der Waals surface area contributed by atoms with Gasteiger partial charge in [0.2, 0.25) is 0 Å². The van der Waals surface area contributed by atoms with Gasteiger partial charge in [0, 0.05) is 12.2 Å². The normalized spacial score (nSPS) is 9.00. The monoisotopic (exact) mass is 384 g/mol. The molecule has 0 saturated carbocycles. The maximum absolute atomic E-state index is 7.74. The lowest BCUT2D eigenvalue weighted by molar-refractivity contribution is 0.857. The third-order valence-electron chi connectivity index (χ3n) is 2.51. The number of nitrogens with zero attached hydrogens (tertiary/aromatic N) is 3. The van der Waals surface area contributed by atoms with E-state index in [2.05, 4.69) is 15.4 Å². The van der Waals surface area contributed by atoms with Crippen molar-refractivity contribution in [3.05, 3.63) is 36.4 Å². The van der Waals surface area contributed by atoms with E-state index >= 15 is 0 Å². The van der Waals surface area contributed by atoms with Crippen LogP contribution in [0.2, 0.25) is 0 Å². The summed E-state index contributed by atoms with van der Waals surface area (Å²) in [6.45, 7) is 2.42. The van der Waals surface area contributed by atoms with Gasteiger partial charge in [-0.25, -0.2) is 9.67 Å². The van der Waals surface area contributed by atoms with E-state index in [4.69, 9.17) is 11.1 Å². The van der Waals surface area contributed by atoms with E-state index in [1.165, 1.54) is 18.1 Å². The predicted octanol–water partition coefficient (Wildman–Crippen LogP) is 3.09. The Labute approximate surface area is 152 Å². The lowest BCUT2D eigenvalue weighted by Gasteiger charge is -2.11. The summed E-state index contributed by atoms with van der Waals surface area (Å²) in [5.41, 5.74) is 8.48. The van der Waals surface area contributed by atoms with Gasteiger partial charge in [0.1, 0.15) is 12.7 Å². The van der Waals surface area contributed by atoms with Crippen LogP contribution >= 0.6 is 49.0 Å². The van der Waals surface area contributed by atoms with Gasteiger partial charge >= 0.3 is 0 Å². The van der Waals surface area contributed by atoms with E-state index in [1.54, 1.807) is 11.0 Å². The Kier molecular flexibility index (Phi) is 12.2. The Bertz CT molecular complexity index is 564. The van der Waals surface area contributed by atoms with Crippen molar-refractivity contribution >= 4 is 59.8 Å². The number of aromatic nitrogens is 3. The second kappa shape index (κ2) is 11.6. The highest BCUT2D eigenvalue weighted by atomic mass is 35.5. The van der Waals surface area contributed by atoms with Crippen molar-refractivity contribution < 1.29 is 0 Å². The van der Waals surface area contributed by atoms with Crippen LogP contribution in [0.4, 0.5) is 5.69 Å². The van der Waals surface area contributed by atoms with Crippen molar-refractivity contribution in [2.45, 2.75) is 13.5 Å². The number of nitrogens with one attached hydrogen (secondary N) is 2. The van der Waals surface area contributed by atoms with Crippen LogP contribution in [0.25, 0.3) is 5.69 Å². The van der Waals surface area contributed by atoms with Gasteiger partial charge in [0.25, 0.3) is 0 Å². The van der Waals surface area contributed by atoms with Crippen molar-refractivity contribution in [3.63, 3.8) is 0 Å². The molecule has 1 heterocycles. The molecule has 0 unspecified atom stereocenters. The summed E-state index contributed by atoms with van der Waals surface area (Å²) in [5.74, 6) is 0.868. The first kappa shape index (κ1) is 23.3. The molecule has 0 fully saturated rings. The molecule has 22 heavy (non-hydrogen) atoms. The van der Waals surface area contributed by atoms with Crippen LogP contribution in [0.5, 0.6) is 0 Å². The highest BCUT2D eigenvalue weighted by Crippen LogP contribution is 2.19. The van der Waals surface area contributed by atoms with Gasteiger partial charge in [-0.15, -0.1) is 37.2 Å². The molecule has 0 aliphatic carbocycles. The largest absolute Gasteiger partial charge is 0.335 e. The fourth-order valence-corrected chi connectivity index (χ4v) is 2.17. The fourth-order valence-electron chi connectivity index (χ4n) is 1.69. The summed E-state index contributed by atoms with van der Waals surface area (Å²) in [5, 5.41) is 15.3. The zero-order valence-electron chi connectivity index (χ0n) is 11.9. The van der Waals surface area contributed by atoms with Crippen LogP contribution in [0, 0.1) is 5.41 Å². The second-order valence-electron chi connectivity index (χ2n) is 3.77. The third-order valence-corrected chi connectivity index (χ3v) is 3.19. The number of halogens is 3. The molecule has 0 bridgehead atoms. The maximum Gasteiger partial charge on any atom is 0.158 e. The number of benzene rings is 1. The molecule has 0 amide bonds. The fraction of sp³-hybridized carbons (Fsp3) is 0.250. The molecule has 0 spiro atoms. The number of anilines is 1. The molecule has 0 aliphatic rings. The van der Waals surface area contributed by atoms with E-state index in [-0.39, 0.29) is 37.2 Å². The first-order valence-electron chi connectivity index (χ1n) is 5.91. The number of rotatable bonds is 4. The first-order chi connectivity index (χ1) is 9.24. The Morgan fingerprint density at radius 2 is 2.09 bits per heavy atom. The minimum atomic E-state index is 0. The third kappa shape index (κ3) is 6.02.